The zero-order valence-corrected chi connectivity index (χ0v) is 12.8. The highest BCUT2D eigenvalue weighted by molar-refractivity contribution is 5.89. The molecule has 2 aliphatic rings. The second-order valence-electron chi connectivity index (χ2n) is 5.68. The Hall–Kier alpha value is -1.89. The fourth-order valence-corrected chi connectivity index (χ4v) is 2.82. The zero-order chi connectivity index (χ0) is 16.5. The highest BCUT2D eigenvalue weighted by Gasteiger charge is 2.31. The Balaban J connectivity index is 0.000000261. The summed E-state index contributed by atoms with van der Waals surface area (Å²) in [6.07, 6.45) is 4.14. The van der Waals surface area contributed by atoms with Crippen molar-refractivity contribution in [1.82, 2.24) is 10.2 Å². The monoisotopic (exact) mass is 312 g/mol. The van der Waals surface area contributed by atoms with Crippen molar-refractivity contribution in [2.24, 2.45) is 11.8 Å². The molecule has 1 amide bonds. The molecule has 2 bridgehead atoms. The number of aliphatic carboxylic acids is 2. The van der Waals surface area contributed by atoms with E-state index in [0.717, 1.165) is 39.0 Å². The van der Waals surface area contributed by atoms with E-state index in [1.165, 1.54) is 6.42 Å². The van der Waals surface area contributed by atoms with Crippen LogP contribution >= 0.6 is 0 Å². The van der Waals surface area contributed by atoms with E-state index < -0.39 is 11.9 Å². The van der Waals surface area contributed by atoms with Crippen LogP contribution in [0.4, 0.5) is 0 Å². The van der Waals surface area contributed by atoms with Crippen LogP contribution in [-0.2, 0) is 14.4 Å². The average molecular weight is 312 g/mol. The minimum absolute atomic E-state index is 0.365. The standard InChI is InChI=1S/C11H20N2O.C4H4O4/c1-2-3-11(14)13-7-9-4-10(8-13)6-12-5-9;5-3(6)1-2-4(7)8/h9-10,12H,2-8H2,1H3;1-2H,(H,5,6)(H,7,8)/b;2-1+/t9-,10+;. The number of carboxylic acid groups (broad SMARTS) is 2. The molecule has 2 rings (SSSR count). The molecule has 0 radical (unpaired) electrons. The van der Waals surface area contributed by atoms with Crippen molar-refractivity contribution in [2.45, 2.75) is 26.2 Å². The smallest absolute Gasteiger partial charge is 0.328 e. The predicted octanol–water partition coefficient (Wildman–Crippen LogP) is 0.566. The second-order valence-corrected chi connectivity index (χ2v) is 5.68. The number of hydrogen-bond donors (Lipinski definition) is 3. The highest BCUT2D eigenvalue weighted by Crippen LogP contribution is 2.24. The number of fused-ring (bicyclic) bond motifs is 2. The van der Waals surface area contributed by atoms with Crippen molar-refractivity contribution >= 4 is 17.8 Å². The van der Waals surface area contributed by atoms with E-state index in [4.69, 9.17) is 10.2 Å². The van der Waals surface area contributed by atoms with E-state index >= 15 is 0 Å². The molecule has 2 aliphatic heterocycles. The molecule has 7 nitrogen and oxygen atoms in total. The summed E-state index contributed by atoms with van der Waals surface area (Å²) in [4.78, 5) is 32.9. The van der Waals surface area contributed by atoms with Crippen molar-refractivity contribution in [3.8, 4) is 0 Å². The van der Waals surface area contributed by atoms with Gasteiger partial charge in [0.15, 0.2) is 0 Å². The van der Waals surface area contributed by atoms with E-state index in [1.54, 1.807) is 0 Å². The quantitative estimate of drug-likeness (QED) is 0.655. The molecule has 2 saturated heterocycles. The van der Waals surface area contributed by atoms with Gasteiger partial charge in [-0.05, 0) is 37.8 Å². The maximum Gasteiger partial charge on any atom is 0.328 e. The summed E-state index contributed by atoms with van der Waals surface area (Å²) in [6.45, 7) is 6.26. The van der Waals surface area contributed by atoms with Gasteiger partial charge in [0.05, 0.1) is 0 Å². The Bertz CT molecular complexity index is 408. The normalized spacial score (nSPS) is 23.6. The van der Waals surface area contributed by atoms with Gasteiger partial charge in [-0.25, -0.2) is 9.59 Å². The molecule has 0 aromatic heterocycles. The van der Waals surface area contributed by atoms with Gasteiger partial charge in [-0.2, -0.15) is 0 Å². The fraction of sp³-hybridized carbons (Fsp3) is 0.667. The van der Waals surface area contributed by atoms with Gasteiger partial charge < -0.3 is 20.4 Å². The highest BCUT2D eigenvalue weighted by atomic mass is 16.4. The lowest BCUT2D eigenvalue weighted by molar-refractivity contribution is -0.134. The number of piperidine rings is 2. The molecule has 2 heterocycles. The van der Waals surface area contributed by atoms with Crippen LogP contribution in [0.15, 0.2) is 12.2 Å². The van der Waals surface area contributed by atoms with Gasteiger partial charge in [-0.1, -0.05) is 6.92 Å². The van der Waals surface area contributed by atoms with Crippen LogP contribution in [0, 0.1) is 11.8 Å². The van der Waals surface area contributed by atoms with Gasteiger partial charge >= 0.3 is 11.9 Å². The second kappa shape index (κ2) is 9.19. The molecule has 0 saturated carbocycles. The summed E-state index contributed by atoms with van der Waals surface area (Å²) in [7, 11) is 0. The van der Waals surface area contributed by atoms with Crippen LogP contribution in [0.2, 0.25) is 0 Å². The number of hydrogen-bond acceptors (Lipinski definition) is 4. The molecule has 0 spiro atoms. The third-order valence-corrected chi connectivity index (χ3v) is 3.67. The summed E-state index contributed by atoms with van der Waals surface area (Å²) in [5.41, 5.74) is 0. The number of nitrogens with one attached hydrogen (secondary N) is 1. The number of rotatable bonds is 4. The molecule has 124 valence electrons. The Kier molecular flexibility index (Phi) is 7.59. The Morgan fingerprint density at radius 1 is 1.09 bits per heavy atom. The molecule has 3 N–H and O–H groups in total. The number of carbonyl (C=O) groups is 3. The lowest BCUT2D eigenvalue weighted by Gasteiger charge is -2.41. The molecule has 7 heteroatoms. The third kappa shape index (κ3) is 6.71. The molecule has 2 atom stereocenters. The van der Waals surface area contributed by atoms with Crippen LogP contribution < -0.4 is 5.32 Å². The first-order chi connectivity index (χ1) is 10.4. The summed E-state index contributed by atoms with van der Waals surface area (Å²) < 4.78 is 0. The van der Waals surface area contributed by atoms with Crippen molar-refractivity contribution in [3.63, 3.8) is 0 Å². The largest absolute Gasteiger partial charge is 0.478 e. The van der Waals surface area contributed by atoms with E-state index in [1.807, 2.05) is 0 Å². The van der Waals surface area contributed by atoms with E-state index in [9.17, 15) is 14.4 Å². The third-order valence-electron chi connectivity index (χ3n) is 3.67. The summed E-state index contributed by atoms with van der Waals surface area (Å²) >= 11 is 0. The number of likely N-dealkylation sites (tertiary alicyclic amines) is 1. The fourth-order valence-electron chi connectivity index (χ4n) is 2.82. The minimum Gasteiger partial charge on any atom is -0.478 e. The molecule has 0 aliphatic carbocycles. The van der Waals surface area contributed by atoms with Crippen LogP contribution in [0.1, 0.15) is 26.2 Å². The van der Waals surface area contributed by atoms with Crippen molar-refractivity contribution in [3.05, 3.63) is 12.2 Å². The number of amides is 1. The first-order valence-electron chi connectivity index (χ1n) is 7.54. The number of carbonyl (C=O) groups excluding carboxylic acids is 1. The lowest BCUT2D eigenvalue weighted by atomic mass is 9.86. The Labute approximate surface area is 130 Å². The molecule has 0 aromatic rings. The van der Waals surface area contributed by atoms with Gasteiger partial charge in [0.1, 0.15) is 0 Å². The van der Waals surface area contributed by atoms with Crippen molar-refractivity contribution in [1.29, 1.82) is 0 Å². The summed E-state index contributed by atoms with van der Waals surface area (Å²) in [6, 6.07) is 0. The maximum atomic E-state index is 11.7. The summed E-state index contributed by atoms with van der Waals surface area (Å²) in [5.74, 6) is -0.726. The SMILES string of the molecule is CCCC(=O)N1C[C@@H]2CNC[C@@H](C2)C1.O=C(O)/C=C/C(=O)O. The van der Waals surface area contributed by atoms with E-state index in [-0.39, 0.29) is 0 Å². The number of nitrogens with zero attached hydrogens (tertiary/aromatic N) is 1. The topological polar surface area (TPSA) is 107 Å². The van der Waals surface area contributed by atoms with Gasteiger partial charge in [-0.15, -0.1) is 0 Å². The molecule has 0 aromatic carbocycles. The van der Waals surface area contributed by atoms with Crippen LogP contribution in [0.25, 0.3) is 0 Å². The first-order valence-corrected chi connectivity index (χ1v) is 7.54. The van der Waals surface area contributed by atoms with Gasteiger partial charge in [-0.3, -0.25) is 4.79 Å². The molecule has 0 unspecified atom stereocenters. The first kappa shape index (κ1) is 18.2. The van der Waals surface area contributed by atoms with Crippen LogP contribution in [-0.4, -0.2) is 59.1 Å². The van der Waals surface area contributed by atoms with Gasteiger partial charge in [0.25, 0.3) is 0 Å². The summed E-state index contributed by atoms with van der Waals surface area (Å²) in [5, 5.41) is 19.1. The van der Waals surface area contributed by atoms with Crippen molar-refractivity contribution in [2.75, 3.05) is 26.2 Å². The van der Waals surface area contributed by atoms with E-state index in [0.29, 0.717) is 29.9 Å². The van der Waals surface area contributed by atoms with Gasteiger partial charge in [0.2, 0.25) is 5.91 Å². The lowest BCUT2D eigenvalue weighted by Crippen LogP contribution is -2.52. The molecular formula is C15H24N2O5. The Morgan fingerprint density at radius 2 is 1.59 bits per heavy atom. The van der Waals surface area contributed by atoms with Crippen LogP contribution in [0.3, 0.4) is 0 Å². The maximum absolute atomic E-state index is 11.7. The average Bonchev–Trinajstić information content (AvgIpc) is 2.45. The van der Waals surface area contributed by atoms with E-state index in [2.05, 4.69) is 17.1 Å². The molecule has 22 heavy (non-hydrogen) atoms. The molecule has 2 fully saturated rings. The predicted molar refractivity (Wildman–Crippen MR) is 80.4 cm³/mol. The zero-order valence-electron chi connectivity index (χ0n) is 12.8. The van der Waals surface area contributed by atoms with Crippen molar-refractivity contribution < 1.29 is 24.6 Å². The van der Waals surface area contributed by atoms with Gasteiger partial charge in [0, 0.05) is 31.7 Å². The minimum atomic E-state index is -1.26. The molecular weight excluding hydrogens is 288 g/mol. The Morgan fingerprint density at radius 3 is 2.00 bits per heavy atom. The van der Waals surface area contributed by atoms with Crippen LogP contribution in [0.5, 0.6) is 0 Å². The number of carboxylic acids is 2.